The first-order valence-electron chi connectivity index (χ1n) is 9.42. The maximum Gasteiger partial charge on any atom is 0.0861 e. The zero-order valence-electron chi connectivity index (χ0n) is 16.1. The van der Waals surface area contributed by atoms with E-state index in [9.17, 15) is 0 Å². The molecule has 0 aliphatic carbocycles. The summed E-state index contributed by atoms with van der Waals surface area (Å²) in [5.74, 6) is 0. The summed E-state index contributed by atoms with van der Waals surface area (Å²) in [5.41, 5.74) is 7.41. The molecule has 28 heavy (non-hydrogen) atoms. The van der Waals surface area contributed by atoms with Gasteiger partial charge in [0.05, 0.1) is 16.3 Å². The predicted octanol–water partition coefficient (Wildman–Crippen LogP) is 7.91. The van der Waals surface area contributed by atoms with Crippen molar-refractivity contribution in [2.75, 3.05) is 9.84 Å². The third kappa shape index (κ3) is 2.78. The molecule has 4 aromatic rings. The van der Waals surface area contributed by atoms with Gasteiger partial charge in [-0.2, -0.15) is 0 Å². The second-order valence-electron chi connectivity index (χ2n) is 8.20. The third-order valence-corrected chi connectivity index (χ3v) is 6.71. The van der Waals surface area contributed by atoms with Crippen LogP contribution in [-0.2, 0) is 5.41 Å². The number of hydrazine groups is 1. The summed E-state index contributed by atoms with van der Waals surface area (Å²) in [6.07, 6.45) is 0. The summed E-state index contributed by atoms with van der Waals surface area (Å²) in [7, 11) is 0. The van der Waals surface area contributed by atoms with E-state index < -0.39 is 0 Å². The van der Waals surface area contributed by atoms with Gasteiger partial charge in [0, 0.05) is 27.2 Å². The number of anilines is 2. The van der Waals surface area contributed by atoms with Gasteiger partial charge in [-0.05, 0) is 39.9 Å². The molecule has 0 aromatic heterocycles. The van der Waals surface area contributed by atoms with E-state index in [2.05, 4.69) is 113 Å². The van der Waals surface area contributed by atoms with Gasteiger partial charge in [0.2, 0.25) is 0 Å². The van der Waals surface area contributed by atoms with E-state index in [1.54, 1.807) is 11.9 Å². The number of nitrogens with zero attached hydrogens (tertiary/aromatic N) is 1. The van der Waals surface area contributed by atoms with Crippen molar-refractivity contribution in [2.24, 2.45) is 0 Å². The molecule has 0 amide bonds. The van der Waals surface area contributed by atoms with Crippen molar-refractivity contribution in [3.8, 4) is 0 Å². The summed E-state index contributed by atoms with van der Waals surface area (Å²) in [6.45, 7) is 6.91. The van der Waals surface area contributed by atoms with E-state index in [4.69, 9.17) is 0 Å². The van der Waals surface area contributed by atoms with Gasteiger partial charge >= 0.3 is 0 Å². The van der Waals surface area contributed by atoms with Gasteiger partial charge in [0.1, 0.15) is 0 Å². The third-order valence-electron chi connectivity index (χ3n) is 5.21. The average Bonchev–Trinajstić information content (AvgIpc) is 3.07. The monoisotopic (exact) mass is 448 g/mol. The molecule has 0 radical (unpaired) electrons. The Kier molecular flexibility index (Phi) is 4.11. The van der Waals surface area contributed by atoms with Crippen molar-refractivity contribution >= 4 is 60.8 Å². The van der Waals surface area contributed by atoms with E-state index in [1.165, 1.54) is 37.7 Å². The van der Waals surface area contributed by atoms with E-state index >= 15 is 0 Å². The number of fused-ring (bicyclic) bond motifs is 3. The largest absolute Gasteiger partial charge is 0.287 e. The molecule has 5 rings (SSSR count). The van der Waals surface area contributed by atoms with Crippen LogP contribution >= 0.6 is 27.9 Å². The topological polar surface area (TPSA) is 15.3 Å². The van der Waals surface area contributed by atoms with Crippen LogP contribution < -0.4 is 9.84 Å². The van der Waals surface area contributed by atoms with E-state index in [0.717, 1.165) is 10.2 Å². The fourth-order valence-corrected chi connectivity index (χ4v) is 5.46. The maximum absolute atomic E-state index is 3.60. The first kappa shape index (κ1) is 17.9. The van der Waals surface area contributed by atoms with Crippen LogP contribution in [-0.4, -0.2) is 0 Å². The average molecular weight is 449 g/mol. The molecule has 1 heterocycles. The molecule has 1 aliphatic heterocycles. The Bertz CT molecular complexity index is 1170. The minimum absolute atomic E-state index is 0.0527. The number of nitrogens with one attached hydrogen (secondary N) is 1. The first-order valence-corrected chi connectivity index (χ1v) is 11.0. The van der Waals surface area contributed by atoms with Crippen molar-refractivity contribution in [1.29, 1.82) is 0 Å². The predicted molar refractivity (Wildman–Crippen MR) is 126 cm³/mol. The minimum atomic E-state index is 0.0527. The molecule has 1 N–H and O–H groups in total. The Morgan fingerprint density at radius 1 is 0.821 bits per heavy atom. The van der Waals surface area contributed by atoms with Gasteiger partial charge in [0.25, 0.3) is 0 Å². The van der Waals surface area contributed by atoms with Crippen LogP contribution in [0.5, 0.6) is 0 Å². The molecule has 0 bridgehead atoms. The van der Waals surface area contributed by atoms with Crippen LogP contribution in [0.25, 0.3) is 21.5 Å². The summed E-state index contributed by atoms with van der Waals surface area (Å²) < 4.78 is 3.30. The molecule has 1 aliphatic rings. The van der Waals surface area contributed by atoms with Gasteiger partial charge in [-0.1, -0.05) is 85.2 Å². The highest BCUT2D eigenvalue weighted by Gasteiger charge is 2.28. The van der Waals surface area contributed by atoms with Crippen molar-refractivity contribution in [3.63, 3.8) is 0 Å². The Hall–Kier alpha value is -2.17. The van der Waals surface area contributed by atoms with Crippen LogP contribution in [0.4, 0.5) is 11.4 Å². The van der Waals surface area contributed by atoms with E-state index in [0.29, 0.717) is 0 Å². The second-order valence-corrected chi connectivity index (χ2v) is 10.1. The number of hydrogen-bond donors (Lipinski definition) is 1. The molecular formula is C24H21BrN2S. The van der Waals surface area contributed by atoms with Crippen LogP contribution in [0.2, 0.25) is 0 Å². The van der Waals surface area contributed by atoms with Gasteiger partial charge in [-0.25, -0.2) is 4.41 Å². The first-order chi connectivity index (χ1) is 13.4. The van der Waals surface area contributed by atoms with E-state index in [1.807, 2.05) is 0 Å². The lowest BCUT2D eigenvalue weighted by Gasteiger charge is -2.28. The lowest BCUT2D eigenvalue weighted by Crippen LogP contribution is -2.19. The molecule has 0 fully saturated rings. The highest BCUT2D eigenvalue weighted by atomic mass is 79.9. The zero-order valence-corrected chi connectivity index (χ0v) is 18.5. The normalized spacial score (nSPS) is 13.8. The smallest absolute Gasteiger partial charge is 0.0861 e. The molecule has 0 saturated heterocycles. The quantitative estimate of drug-likeness (QED) is 0.235. The van der Waals surface area contributed by atoms with Gasteiger partial charge in [0.15, 0.2) is 0 Å². The van der Waals surface area contributed by atoms with Gasteiger partial charge < -0.3 is 0 Å². The fourth-order valence-electron chi connectivity index (χ4n) is 4.13. The van der Waals surface area contributed by atoms with E-state index in [-0.39, 0.29) is 5.41 Å². The number of benzene rings is 4. The molecule has 0 unspecified atom stereocenters. The summed E-state index contributed by atoms with van der Waals surface area (Å²) in [5, 5.41) is 5.20. The molecule has 4 heteroatoms. The lowest BCUT2D eigenvalue weighted by molar-refractivity contribution is 0.601. The fraction of sp³-hybridized carbons (Fsp3) is 0.167. The Labute approximate surface area is 178 Å². The Morgan fingerprint density at radius 3 is 1.96 bits per heavy atom. The summed E-state index contributed by atoms with van der Waals surface area (Å²) in [4.78, 5) is 1.23. The van der Waals surface area contributed by atoms with Crippen LogP contribution in [0.1, 0.15) is 26.3 Å². The maximum atomic E-state index is 3.60. The SMILES string of the molecule is CC(C)(C)c1c2ccccc2c(N2Nc3cc(Br)ccc3S2)c2ccccc12. The van der Waals surface area contributed by atoms with Crippen LogP contribution in [0, 0.1) is 0 Å². The second kappa shape index (κ2) is 6.43. The molecule has 2 nitrogen and oxygen atoms in total. The standard InChI is InChI=1S/C24H21BrN2S/c1-24(2,3)22-16-8-4-6-10-18(16)23(19-11-7-5-9-17(19)22)27-26-20-14-15(25)12-13-21(20)28-27/h4-14,26H,1-3H3. The molecule has 0 atom stereocenters. The number of halogens is 1. The van der Waals surface area contributed by atoms with Crippen molar-refractivity contribution in [2.45, 2.75) is 31.1 Å². The van der Waals surface area contributed by atoms with Crippen molar-refractivity contribution in [1.82, 2.24) is 0 Å². The molecule has 0 spiro atoms. The number of hydrogen-bond acceptors (Lipinski definition) is 3. The Morgan fingerprint density at radius 2 is 1.39 bits per heavy atom. The highest BCUT2D eigenvalue weighted by Crippen LogP contribution is 2.49. The Balaban J connectivity index is 1.83. The summed E-state index contributed by atoms with van der Waals surface area (Å²) in [6, 6.07) is 24.0. The molecule has 140 valence electrons. The van der Waals surface area contributed by atoms with Gasteiger partial charge in [-0.15, -0.1) is 0 Å². The number of rotatable bonds is 1. The molecular weight excluding hydrogens is 428 g/mol. The summed E-state index contributed by atoms with van der Waals surface area (Å²) >= 11 is 5.33. The minimum Gasteiger partial charge on any atom is -0.287 e. The lowest BCUT2D eigenvalue weighted by atomic mass is 9.80. The van der Waals surface area contributed by atoms with Crippen LogP contribution in [0.15, 0.2) is 76.1 Å². The van der Waals surface area contributed by atoms with Crippen molar-refractivity contribution < 1.29 is 0 Å². The van der Waals surface area contributed by atoms with Crippen molar-refractivity contribution in [3.05, 3.63) is 76.8 Å². The highest BCUT2D eigenvalue weighted by molar-refractivity contribution is 9.10. The molecule has 0 saturated carbocycles. The molecule has 4 aromatic carbocycles. The van der Waals surface area contributed by atoms with Crippen LogP contribution in [0.3, 0.4) is 0 Å². The van der Waals surface area contributed by atoms with Gasteiger partial charge in [-0.3, -0.25) is 5.43 Å². The zero-order chi connectivity index (χ0) is 19.5.